The summed E-state index contributed by atoms with van der Waals surface area (Å²) in [5, 5.41) is 35.3. The minimum atomic E-state index is -1.08. The summed E-state index contributed by atoms with van der Waals surface area (Å²) in [5.74, 6) is -2.15. The second-order valence-corrected chi connectivity index (χ2v) is 7.98. The molecule has 0 aliphatic carbocycles. The quantitative estimate of drug-likeness (QED) is 0.596. The standard InChI is InChI=1S/C13H27NO2.C4H6O4/c1-11(2)9-10(16)12(3,4)13(5,6)14(11)7-8-15;5-3(6)1-2-4(7)8/h10,15-16H,7-9H2,1-6H3;1-2H2,(H,5,6)(H,7,8). The van der Waals surface area contributed by atoms with Gasteiger partial charge in [0.05, 0.1) is 25.6 Å². The Morgan fingerprint density at radius 2 is 1.42 bits per heavy atom. The second-order valence-electron chi connectivity index (χ2n) is 7.98. The van der Waals surface area contributed by atoms with Crippen molar-refractivity contribution >= 4 is 11.9 Å². The number of aliphatic hydroxyl groups excluding tert-OH is 2. The predicted octanol–water partition coefficient (Wildman–Crippen LogP) is 1.56. The fourth-order valence-electron chi connectivity index (χ4n) is 3.25. The van der Waals surface area contributed by atoms with Crippen molar-refractivity contribution < 1.29 is 30.0 Å². The number of nitrogens with zero attached hydrogens (tertiary/aromatic N) is 1. The van der Waals surface area contributed by atoms with E-state index in [1.165, 1.54) is 0 Å². The van der Waals surface area contributed by atoms with Crippen LogP contribution in [0, 0.1) is 5.41 Å². The monoisotopic (exact) mass is 347 g/mol. The summed E-state index contributed by atoms with van der Waals surface area (Å²) in [6, 6.07) is 0. The van der Waals surface area contributed by atoms with Crippen molar-refractivity contribution in [3.63, 3.8) is 0 Å². The van der Waals surface area contributed by atoms with E-state index in [2.05, 4.69) is 46.4 Å². The van der Waals surface area contributed by atoms with E-state index in [0.29, 0.717) is 6.54 Å². The van der Waals surface area contributed by atoms with Crippen LogP contribution < -0.4 is 0 Å². The molecule has 0 aromatic carbocycles. The molecule has 7 heteroatoms. The van der Waals surface area contributed by atoms with Gasteiger partial charge in [-0.3, -0.25) is 14.5 Å². The lowest BCUT2D eigenvalue weighted by Gasteiger charge is -2.62. The van der Waals surface area contributed by atoms with Crippen molar-refractivity contribution in [2.24, 2.45) is 5.41 Å². The van der Waals surface area contributed by atoms with E-state index in [0.717, 1.165) is 6.42 Å². The molecule has 7 nitrogen and oxygen atoms in total. The number of rotatable bonds is 5. The molecule has 1 saturated heterocycles. The Labute approximate surface area is 144 Å². The Balaban J connectivity index is 0.000000561. The summed E-state index contributed by atoms with van der Waals surface area (Å²) in [5.41, 5.74) is -0.365. The van der Waals surface area contributed by atoms with Crippen molar-refractivity contribution in [1.82, 2.24) is 4.90 Å². The van der Waals surface area contributed by atoms with Gasteiger partial charge in [-0.05, 0) is 34.1 Å². The van der Waals surface area contributed by atoms with Gasteiger partial charge < -0.3 is 20.4 Å². The number of carboxylic acid groups (broad SMARTS) is 2. The molecular formula is C17H33NO6. The third-order valence-electron chi connectivity index (χ3n) is 5.38. The molecule has 0 aromatic heterocycles. The van der Waals surface area contributed by atoms with E-state index in [4.69, 9.17) is 10.2 Å². The predicted molar refractivity (Wildman–Crippen MR) is 90.9 cm³/mol. The Bertz CT molecular complexity index is 430. The maximum Gasteiger partial charge on any atom is 0.303 e. The highest BCUT2D eigenvalue weighted by atomic mass is 16.4. The minimum Gasteiger partial charge on any atom is -0.481 e. The highest BCUT2D eigenvalue weighted by molar-refractivity contribution is 5.75. The van der Waals surface area contributed by atoms with Crippen LogP contribution in [0.15, 0.2) is 0 Å². The van der Waals surface area contributed by atoms with Crippen LogP contribution in [0.2, 0.25) is 0 Å². The van der Waals surface area contributed by atoms with Gasteiger partial charge in [-0.1, -0.05) is 13.8 Å². The summed E-state index contributed by atoms with van der Waals surface area (Å²) in [7, 11) is 0. The average molecular weight is 347 g/mol. The molecule has 1 aliphatic rings. The smallest absolute Gasteiger partial charge is 0.303 e. The molecular weight excluding hydrogens is 314 g/mol. The first kappa shape index (κ1) is 22.8. The van der Waals surface area contributed by atoms with E-state index in [-0.39, 0.29) is 42.0 Å². The summed E-state index contributed by atoms with van der Waals surface area (Å²) in [6.07, 6.45) is -0.138. The van der Waals surface area contributed by atoms with Gasteiger partial charge in [-0.2, -0.15) is 0 Å². The minimum absolute atomic E-state index is 0.0683. The number of carbonyl (C=O) groups is 2. The zero-order valence-corrected chi connectivity index (χ0v) is 15.7. The van der Waals surface area contributed by atoms with Crippen molar-refractivity contribution in [3.05, 3.63) is 0 Å². The Morgan fingerprint density at radius 1 is 1.00 bits per heavy atom. The van der Waals surface area contributed by atoms with Gasteiger partial charge >= 0.3 is 11.9 Å². The number of aliphatic hydroxyl groups is 2. The van der Waals surface area contributed by atoms with Gasteiger partial charge in [0.2, 0.25) is 0 Å². The lowest BCUT2D eigenvalue weighted by atomic mass is 9.62. The van der Waals surface area contributed by atoms with Gasteiger partial charge in [-0.15, -0.1) is 0 Å². The largest absolute Gasteiger partial charge is 0.481 e. The van der Waals surface area contributed by atoms with Gasteiger partial charge in [0.1, 0.15) is 0 Å². The fraction of sp³-hybridized carbons (Fsp3) is 0.882. The number of hydrogen-bond donors (Lipinski definition) is 4. The first-order valence-corrected chi connectivity index (χ1v) is 8.20. The van der Waals surface area contributed by atoms with E-state index in [1.807, 2.05) is 0 Å². The second kappa shape index (κ2) is 8.27. The molecule has 4 N–H and O–H groups in total. The molecule has 0 aromatic rings. The van der Waals surface area contributed by atoms with Crippen LogP contribution in [0.3, 0.4) is 0 Å². The average Bonchev–Trinajstić information content (AvgIpc) is 2.40. The molecule has 24 heavy (non-hydrogen) atoms. The maximum absolute atomic E-state index is 10.3. The van der Waals surface area contributed by atoms with Crippen molar-refractivity contribution in [2.45, 2.75) is 78.0 Å². The SMILES string of the molecule is CC1(C)CC(O)C(C)(C)C(C)(C)N1CCO.O=C(O)CCC(=O)O. The topological polar surface area (TPSA) is 118 Å². The fourth-order valence-corrected chi connectivity index (χ4v) is 3.25. The van der Waals surface area contributed by atoms with Gasteiger partial charge in [-0.25, -0.2) is 0 Å². The molecule has 1 unspecified atom stereocenters. The highest BCUT2D eigenvalue weighted by Gasteiger charge is 2.55. The van der Waals surface area contributed by atoms with Crippen LogP contribution in [0.4, 0.5) is 0 Å². The van der Waals surface area contributed by atoms with Crippen molar-refractivity contribution in [2.75, 3.05) is 13.2 Å². The summed E-state index contributed by atoms with van der Waals surface area (Å²) >= 11 is 0. The summed E-state index contributed by atoms with van der Waals surface area (Å²) in [6.45, 7) is 13.6. The molecule has 1 fully saturated rings. The highest BCUT2D eigenvalue weighted by Crippen LogP contribution is 2.49. The van der Waals surface area contributed by atoms with Crippen LogP contribution in [0.25, 0.3) is 0 Å². The van der Waals surface area contributed by atoms with E-state index >= 15 is 0 Å². The Morgan fingerprint density at radius 3 is 1.75 bits per heavy atom. The van der Waals surface area contributed by atoms with Crippen molar-refractivity contribution in [1.29, 1.82) is 0 Å². The van der Waals surface area contributed by atoms with E-state index < -0.39 is 11.9 Å². The zero-order valence-electron chi connectivity index (χ0n) is 15.7. The first-order chi connectivity index (χ1) is 10.7. The first-order valence-electron chi connectivity index (χ1n) is 8.20. The molecule has 0 bridgehead atoms. The van der Waals surface area contributed by atoms with Crippen LogP contribution in [0.5, 0.6) is 0 Å². The number of hydrogen-bond acceptors (Lipinski definition) is 5. The molecule has 0 amide bonds. The van der Waals surface area contributed by atoms with Crippen LogP contribution in [-0.4, -0.2) is 67.6 Å². The third kappa shape index (κ3) is 5.43. The van der Waals surface area contributed by atoms with Gasteiger partial charge in [0.15, 0.2) is 0 Å². The molecule has 0 radical (unpaired) electrons. The molecule has 0 saturated carbocycles. The number of carboxylic acids is 2. The van der Waals surface area contributed by atoms with Crippen LogP contribution in [-0.2, 0) is 9.59 Å². The molecule has 142 valence electrons. The Hall–Kier alpha value is -1.18. The number of β-amino-alcohol motifs (C(OH)–C–C–N with tert-alkyl or cyclic N) is 1. The number of piperidine rings is 1. The maximum atomic E-state index is 10.3. The normalized spacial score (nSPS) is 24.6. The van der Waals surface area contributed by atoms with Crippen molar-refractivity contribution in [3.8, 4) is 0 Å². The van der Waals surface area contributed by atoms with Crippen LogP contribution >= 0.6 is 0 Å². The zero-order chi connectivity index (χ0) is 19.3. The van der Waals surface area contributed by atoms with Gasteiger partial charge in [0.25, 0.3) is 0 Å². The van der Waals surface area contributed by atoms with E-state index in [1.54, 1.807) is 0 Å². The lowest BCUT2D eigenvalue weighted by Crippen LogP contribution is -2.70. The van der Waals surface area contributed by atoms with E-state index in [9.17, 15) is 19.8 Å². The Kier molecular flexibility index (Phi) is 7.86. The molecule has 1 atom stereocenters. The molecule has 1 heterocycles. The summed E-state index contributed by atoms with van der Waals surface area (Å²) < 4.78 is 0. The number of likely N-dealkylation sites (tertiary alicyclic amines) is 1. The van der Waals surface area contributed by atoms with Gasteiger partial charge in [0, 0.05) is 23.0 Å². The lowest BCUT2D eigenvalue weighted by molar-refractivity contribution is -0.168. The molecule has 1 rings (SSSR count). The number of aliphatic carboxylic acids is 2. The third-order valence-corrected chi connectivity index (χ3v) is 5.38. The molecule has 1 aliphatic heterocycles. The summed E-state index contributed by atoms with van der Waals surface area (Å²) in [4.78, 5) is 21.6. The van der Waals surface area contributed by atoms with Crippen LogP contribution in [0.1, 0.15) is 60.8 Å². The molecule has 0 spiro atoms.